The first-order chi connectivity index (χ1) is 10.1. The Bertz CT molecular complexity index is 478. The average molecular weight is 292 g/mol. The van der Waals surface area contributed by atoms with E-state index in [0.717, 1.165) is 25.1 Å². The Morgan fingerprint density at radius 1 is 1.52 bits per heavy atom. The lowest BCUT2D eigenvalue weighted by Crippen LogP contribution is -2.49. The molecular formula is C16H24N2O3. The predicted molar refractivity (Wildman–Crippen MR) is 82.5 cm³/mol. The summed E-state index contributed by atoms with van der Waals surface area (Å²) in [7, 11) is 1.60. The molecule has 0 aliphatic carbocycles. The molecule has 0 radical (unpaired) electrons. The molecule has 0 spiro atoms. The summed E-state index contributed by atoms with van der Waals surface area (Å²) in [5.41, 5.74) is 0.727. The number of rotatable bonds is 5. The number of aliphatic hydroxyl groups is 1. The predicted octanol–water partition coefficient (Wildman–Crippen LogP) is 1.73. The fourth-order valence-electron chi connectivity index (χ4n) is 2.91. The minimum atomic E-state index is -0.0594. The molecule has 0 saturated carbocycles. The Morgan fingerprint density at radius 3 is 3.05 bits per heavy atom. The second-order valence-electron chi connectivity index (χ2n) is 5.62. The monoisotopic (exact) mass is 292 g/mol. The maximum atomic E-state index is 12.2. The molecule has 21 heavy (non-hydrogen) atoms. The third kappa shape index (κ3) is 4.19. The Labute approximate surface area is 125 Å². The molecule has 2 N–H and O–H groups in total. The lowest BCUT2D eigenvalue weighted by atomic mass is 9.91. The minimum Gasteiger partial charge on any atom is -0.497 e. The highest BCUT2D eigenvalue weighted by Crippen LogP contribution is 2.23. The summed E-state index contributed by atoms with van der Waals surface area (Å²) in [4.78, 5) is 14.2. The summed E-state index contributed by atoms with van der Waals surface area (Å²) in [5, 5.41) is 12.4. The van der Waals surface area contributed by atoms with Gasteiger partial charge >= 0.3 is 0 Å². The van der Waals surface area contributed by atoms with Gasteiger partial charge in [-0.15, -0.1) is 0 Å². The number of carbonyl (C=O) groups is 1. The van der Waals surface area contributed by atoms with Crippen molar-refractivity contribution in [1.29, 1.82) is 0 Å². The van der Waals surface area contributed by atoms with Crippen molar-refractivity contribution < 1.29 is 14.6 Å². The maximum Gasteiger partial charge on any atom is 0.238 e. The topological polar surface area (TPSA) is 61.8 Å². The number of hydrogen-bond acceptors (Lipinski definition) is 4. The third-order valence-electron chi connectivity index (χ3n) is 4.12. The molecule has 5 nitrogen and oxygen atoms in total. The van der Waals surface area contributed by atoms with Crippen molar-refractivity contribution in [2.24, 2.45) is 5.92 Å². The van der Waals surface area contributed by atoms with Gasteiger partial charge in [0, 0.05) is 17.8 Å². The Morgan fingerprint density at radius 2 is 2.33 bits per heavy atom. The van der Waals surface area contributed by atoms with Crippen LogP contribution in [0.15, 0.2) is 24.3 Å². The summed E-state index contributed by atoms with van der Waals surface area (Å²) < 4.78 is 5.14. The molecule has 5 heteroatoms. The van der Waals surface area contributed by atoms with Gasteiger partial charge in [-0.05, 0) is 37.4 Å². The van der Waals surface area contributed by atoms with E-state index < -0.39 is 0 Å². The van der Waals surface area contributed by atoms with E-state index in [9.17, 15) is 9.90 Å². The van der Waals surface area contributed by atoms with Crippen LogP contribution in [0.5, 0.6) is 5.75 Å². The zero-order valence-corrected chi connectivity index (χ0v) is 12.7. The number of anilines is 1. The quantitative estimate of drug-likeness (QED) is 0.867. The number of nitrogens with zero attached hydrogens (tertiary/aromatic N) is 1. The molecule has 2 unspecified atom stereocenters. The first-order valence-corrected chi connectivity index (χ1v) is 7.43. The van der Waals surface area contributed by atoms with Gasteiger partial charge in [-0.3, -0.25) is 9.69 Å². The van der Waals surface area contributed by atoms with Crippen molar-refractivity contribution in [3.05, 3.63) is 24.3 Å². The number of carbonyl (C=O) groups excluding carboxylic acids is 1. The van der Waals surface area contributed by atoms with Gasteiger partial charge in [0.05, 0.1) is 20.3 Å². The number of methoxy groups -OCH3 is 1. The molecule has 1 amide bonds. The molecule has 1 aliphatic heterocycles. The number of ether oxygens (including phenoxy) is 1. The van der Waals surface area contributed by atoms with Gasteiger partial charge in [-0.1, -0.05) is 13.0 Å². The Hall–Kier alpha value is -1.59. The van der Waals surface area contributed by atoms with Crippen molar-refractivity contribution in [2.75, 3.05) is 32.1 Å². The van der Waals surface area contributed by atoms with Crippen LogP contribution >= 0.6 is 0 Å². The Balaban J connectivity index is 1.94. The highest BCUT2D eigenvalue weighted by Gasteiger charge is 2.29. The molecule has 1 saturated heterocycles. The van der Waals surface area contributed by atoms with Crippen molar-refractivity contribution in [3.63, 3.8) is 0 Å². The van der Waals surface area contributed by atoms with Gasteiger partial charge in [0.1, 0.15) is 5.75 Å². The van der Waals surface area contributed by atoms with E-state index in [1.165, 1.54) is 0 Å². The molecule has 2 atom stereocenters. The second-order valence-corrected chi connectivity index (χ2v) is 5.62. The normalized spacial score (nSPS) is 22.8. The molecule has 1 aliphatic rings. The van der Waals surface area contributed by atoms with E-state index in [1.54, 1.807) is 13.2 Å². The maximum absolute atomic E-state index is 12.2. The van der Waals surface area contributed by atoms with Crippen LogP contribution in [0.1, 0.15) is 19.8 Å². The minimum absolute atomic E-state index is 0.0594. The van der Waals surface area contributed by atoms with E-state index in [2.05, 4.69) is 17.1 Å². The second kappa shape index (κ2) is 7.43. The number of aliphatic hydroxyl groups excluding tert-OH is 1. The van der Waals surface area contributed by atoms with Gasteiger partial charge in [0.15, 0.2) is 0 Å². The van der Waals surface area contributed by atoms with Crippen LogP contribution in [0.2, 0.25) is 0 Å². The summed E-state index contributed by atoms with van der Waals surface area (Å²) >= 11 is 0. The van der Waals surface area contributed by atoms with Crippen molar-refractivity contribution in [2.45, 2.75) is 25.8 Å². The fraction of sp³-hybridized carbons (Fsp3) is 0.562. The number of hydrogen-bond donors (Lipinski definition) is 2. The molecule has 116 valence electrons. The smallest absolute Gasteiger partial charge is 0.238 e. The summed E-state index contributed by atoms with van der Waals surface area (Å²) in [6.07, 6.45) is 2.18. The number of amides is 1. The molecule has 0 bridgehead atoms. The van der Waals surface area contributed by atoms with Crippen LogP contribution in [0.3, 0.4) is 0 Å². The number of nitrogens with one attached hydrogen (secondary N) is 1. The van der Waals surface area contributed by atoms with Crippen molar-refractivity contribution >= 4 is 11.6 Å². The van der Waals surface area contributed by atoms with Crippen LogP contribution < -0.4 is 10.1 Å². The fourth-order valence-corrected chi connectivity index (χ4v) is 2.91. The largest absolute Gasteiger partial charge is 0.497 e. The number of piperidine rings is 1. The molecule has 1 aromatic rings. The first kappa shape index (κ1) is 15.8. The summed E-state index contributed by atoms with van der Waals surface area (Å²) in [6, 6.07) is 7.38. The van der Waals surface area contributed by atoms with E-state index in [4.69, 9.17) is 4.74 Å². The molecular weight excluding hydrogens is 268 g/mol. The lowest BCUT2D eigenvalue weighted by molar-refractivity contribution is -0.118. The lowest BCUT2D eigenvalue weighted by Gasteiger charge is -2.38. The van der Waals surface area contributed by atoms with Crippen molar-refractivity contribution in [1.82, 2.24) is 4.90 Å². The standard InChI is InChI=1S/C16H24N2O3/c1-12-5-4-8-18(15(12)11-19)10-16(20)17-13-6-3-7-14(9-13)21-2/h3,6-7,9,12,15,19H,4-5,8,10-11H2,1-2H3,(H,17,20). The van der Waals surface area contributed by atoms with E-state index >= 15 is 0 Å². The van der Waals surface area contributed by atoms with E-state index in [0.29, 0.717) is 18.2 Å². The SMILES string of the molecule is COc1cccc(NC(=O)CN2CCCC(C)C2CO)c1. The Kier molecular flexibility index (Phi) is 5.59. The zero-order valence-electron chi connectivity index (χ0n) is 12.7. The molecule has 2 rings (SSSR count). The molecule has 1 fully saturated rings. The highest BCUT2D eigenvalue weighted by molar-refractivity contribution is 5.92. The third-order valence-corrected chi connectivity index (χ3v) is 4.12. The van der Waals surface area contributed by atoms with E-state index in [-0.39, 0.29) is 18.6 Å². The van der Waals surface area contributed by atoms with Crippen LogP contribution in [0.25, 0.3) is 0 Å². The van der Waals surface area contributed by atoms with Gasteiger partial charge in [-0.25, -0.2) is 0 Å². The van der Waals surface area contributed by atoms with Gasteiger partial charge in [-0.2, -0.15) is 0 Å². The average Bonchev–Trinajstić information content (AvgIpc) is 2.47. The van der Waals surface area contributed by atoms with Gasteiger partial charge in [0.2, 0.25) is 5.91 Å². The number of benzene rings is 1. The van der Waals surface area contributed by atoms with Crippen LogP contribution in [-0.2, 0) is 4.79 Å². The van der Waals surface area contributed by atoms with Crippen LogP contribution in [0.4, 0.5) is 5.69 Å². The summed E-state index contributed by atoms with van der Waals surface area (Å²) in [6.45, 7) is 3.41. The molecule has 0 aromatic heterocycles. The van der Waals surface area contributed by atoms with Gasteiger partial charge in [0.25, 0.3) is 0 Å². The number of likely N-dealkylation sites (tertiary alicyclic amines) is 1. The van der Waals surface area contributed by atoms with Gasteiger partial charge < -0.3 is 15.2 Å². The van der Waals surface area contributed by atoms with Crippen LogP contribution in [0, 0.1) is 5.92 Å². The molecule has 1 aromatic carbocycles. The van der Waals surface area contributed by atoms with E-state index in [1.807, 2.05) is 18.2 Å². The highest BCUT2D eigenvalue weighted by atomic mass is 16.5. The molecule has 1 heterocycles. The zero-order chi connectivity index (χ0) is 15.2. The first-order valence-electron chi connectivity index (χ1n) is 7.43. The van der Waals surface area contributed by atoms with Crippen LogP contribution in [-0.4, -0.2) is 48.8 Å². The summed E-state index contributed by atoms with van der Waals surface area (Å²) in [5.74, 6) is 1.08. The van der Waals surface area contributed by atoms with Crippen molar-refractivity contribution in [3.8, 4) is 5.75 Å².